The van der Waals surface area contributed by atoms with E-state index in [4.69, 9.17) is 10.5 Å². The van der Waals surface area contributed by atoms with E-state index in [9.17, 15) is 8.42 Å². The molecule has 9 heteroatoms. The van der Waals surface area contributed by atoms with Crippen molar-refractivity contribution in [2.24, 2.45) is 0 Å². The van der Waals surface area contributed by atoms with E-state index in [1.807, 2.05) is 0 Å². The van der Waals surface area contributed by atoms with E-state index in [1.54, 1.807) is 18.0 Å². The minimum absolute atomic E-state index is 0.0506. The van der Waals surface area contributed by atoms with Crippen LogP contribution in [0.3, 0.4) is 0 Å². The zero-order chi connectivity index (χ0) is 14.6. The monoisotopic (exact) mass is 297 g/mol. The van der Waals surface area contributed by atoms with Gasteiger partial charge in [-0.05, 0) is 6.07 Å². The van der Waals surface area contributed by atoms with Crippen molar-refractivity contribution in [3.05, 3.63) is 30.7 Å². The molecule has 108 valence electrons. The average molecular weight is 297 g/mol. The molecule has 0 aliphatic heterocycles. The molecule has 20 heavy (non-hydrogen) atoms. The summed E-state index contributed by atoms with van der Waals surface area (Å²) in [5.41, 5.74) is 5.85. The summed E-state index contributed by atoms with van der Waals surface area (Å²) in [4.78, 5) is 3.80. The molecule has 0 saturated carbocycles. The number of hydrogen-bond donors (Lipinski definition) is 2. The molecule has 0 aromatic carbocycles. The maximum absolute atomic E-state index is 12.1. The molecule has 2 aromatic rings. The average Bonchev–Trinajstić information content (AvgIpc) is 2.83. The lowest BCUT2D eigenvalue weighted by Crippen LogP contribution is -2.13. The number of methoxy groups -OCH3 is 1. The van der Waals surface area contributed by atoms with Gasteiger partial charge < -0.3 is 10.5 Å². The molecular formula is C11H15N5O3S. The lowest BCUT2D eigenvalue weighted by Gasteiger charge is -2.06. The second kappa shape index (κ2) is 5.88. The first-order chi connectivity index (χ1) is 9.51. The topological polar surface area (TPSA) is 112 Å². The molecule has 0 amide bonds. The Hall–Kier alpha value is -2.13. The van der Waals surface area contributed by atoms with Crippen LogP contribution in [0.5, 0.6) is 0 Å². The number of anilines is 2. The lowest BCUT2D eigenvalue weighted by molar-refractivity contribution is 0.183. The highest BCUT2D eigenvalue weighted by molar-refractivity contribution is 7.92. The van der Waals surface area contributed by atoms with Crippen molar-refractivity contribution in [3.63, 3.8) is 0 Å². The van der Waals surface area contributed by atoms with Crippen LogP contribution in [-0.2, 0) is 21.3 Å². The fraction of sp³-hybridized carbons (Fsp3) is 0.273. The number of nitrogen functional groups attached to an aromatic ring is 1. The molecule has 2 aromatic heterocycles. The van der Waals surface area contributed by atoms with E-state index in [2.05, 4.69) is 14.8 Å². The normalized spacial score (nSPS) is 11.4. The summed E-state index contributed by atoms with van der Waals surface area (Å²) in [6.45, 7) is 1.04. The van der Waals surface area contributed by atoms with E-state index in [-0.39, 0.29) is 10.7 Å². The van der Waals surface area contributed by atoms with Gasteiger partial charge in [-0.1, -0.05) is 0 Å². The van der Waals surface area contributed by atoms with Crippen molar-refractivity contribution in [1.29, 1.82) is 0 Å². The fourth-order valence-electron chi connectivity index (χ4n) is 1.53. The van der Waals surface area contributed by atoms with Gasteiger partial charge in [-0.2, -0.15) is 5.10 Å². The molecule has 0 unspecified atom stereocenters. The third kappa shape index (κ3) is 3.45. The van der Waals surface area contributed by atoms with Crippen molar-refractivity contribution in [1.82, 2.24) is 14.8 Å². The van der Waals surface area contributed by atoms with Crippen LogP contribution in [0.1, 0.15) is 0 Å². The Morgan fingerprint density at radius 2 is 2.30 bits per heavy atom. The smallest absolute Gasteiger partial charge is 0.262 e. The molecule has 0 spiro atoms. The van der Waals surface area contributed by atoms with Crippen LogP contribution in [-0.4, -0.2) is 36.9 Å². The standard InChI is InChI=1S/C11H15N5O3S/c1-19-5-4-16-8-9(7-14-16)15-20(17,18)10-2-3-13-11(12)6-10/h2-3,6-8,15H,4-5H2,1H3,(H2,12,13). The second-order valence-corrected chi connectivity index (χ2v) is 5.69. The third-order valence-electron chi connectivity index (χ3n) is 2.47. The Balaban J connectivity index is 2.14. The van der Waals surface area contributed by atoms with Crippen molar-refractivity contribution >= 4 is 21.5 Å². The Kier molecular flexibility index (Phi) is 4.20. The predicted octanol–water partition coefficient (Wildman–Crippen LogP) is 0.307. The molecule has 2 rings (SSSR count). The van der Waals surface area contributed by atoms with Crippen LogP contribution in [0, 0.1) is 0 Å². The molecule has 2 heterocycles. The Morgan fingerprint density at radius 1 is 1.50 bits per heavy atom. The van der Waals surface area contributed by atoms with Gasteiger partial charge in [0.1, 0.15) is 5.82 Å². The Labute approximate surface area is 116 Å². The number of sulfonamides is 1. The number of aromatic nitrogens is 3. The first-order valence-electron chi connectivity index (χ1n) is 5.77. The van der Waals surface area contributed by atoms with Gasteiger partial charge >= 0.3 is 0 Å². The lowest BCUT2D eigenvalue weighted by atomic mass is 10.5. The zero-order valence-electron chi connectivity index (χ0n) is 10.9. The van der Waals surface area contributed by atoms with E-state index in [1.165, 1.54) is 24.5 Å². The molecule has 0 aliphatic carbocycles. The number of pyridine rings is 1. The van der Waals surface area contributed by atoms with Gasteiger partial charge in [0.2, 0.25) is 0 Å². The second-order valence-electron chi connectivity index (χ2n) is 4.01. The van der Waals surface area contributed by atoms with Gasteiger partial charge in [0.05, 0.1) is 29.9 Å². The SMILES string of the molecule is COCCn1cc(NS(=O)(=O)c2ccnc(N)c2)cn1. The molecular weight excluding hydrogens is 282 g/mol. The van der Waals surface area contributed by atoms with Crippen molar-refractivity contribution < 1.29 is 13.2 Å². The number of rotatable bonds is 6. The molecule has 0 saturated heterocycles. The first-order valence-corrected chi connectivity index (χ1v) is 7.25. The number of hydrogen-bond acceptors (Lipinski definition) is 6. The highest BCUT2D eigenvalue weighted by Crippen LogP contribution is 2.16. The molecule has 3 N–H and O–H groups in total. The van der Waals surface area contributed by atoms with Crippen LogP contribution in [0.15, 0.2) is 35.6 Å². The van der Waals surface area contributed by atoms with E-state index in [0.29, 0.717) is 18.8 Å². The van der Waals surface area contributed by atoms with Crippen LogP contribution < -0.4 is 10.5 Å². The zero-order valence-corrected chi connectivity index (χ0v) is 11.7. The maximum Gasteiger partial charge on any atom is 0.262 e. The van der Waals surface area contributed by atoms with Crippen molar-refractivity contribution in [3.8, 4) is 0 Å². The van der Waals surface area contributed by atoms with E-state index < -0.39 is 10.0 Å². The van der Waals surface area contributed by atoms with Gasteiger partial charge in [0.25, 0.3) is 10.0 Å². The Bertz CT molecular complexity index is 683. The highest BCUT2D eigenvalue weighted by Gasteiger charge is 2.15. The first kappa shape index (κ1) is 14.3. The largest absolute Gasteiger partial charge is 0.384 e. The van der Waals surface area contributed by atoms with Crippen LogP contribution in [0.25, 0.3) is 0 Å². The van der Waals surface area contributed by atoms with Gasteiger partial charge in [0, 0.05) is 25.6 Å². The van der Waals surface area contributed by atoms with Gasteiger partial charge in [-0.25, -0.2) is 13.4 Å². The molecule has 0 radical (unpaired) electrons. The number of nitrogens with one attached hydrogen (secondary N) is 1. The summed E-state index contributed by atoms with van der Waals surface area (Å²) in [5.74, 6) is 0.142. The van der Waals surface area contributed by atoms with Crippen LogP contribution in [0.4, 0.5) is 11.5 Å². The predicted molar refractivity (Wildman–Crippen MR) is 73.6 cm³/mol. The number of nitrogens with zero attached hydrogens (tertiary/aromatic N) is 3. The van der Waals surface area contributed by atoms with Gasteiger partial charge in [0.15, 0.2) is 0 Å². The van der Waals surface area contributed by atoms with Gasteiger partial charge in [-0.3, -0.25) is 9.40 Å². The molecule has 0 atom stereocenters. The van der Waals surface area contributed by atoms with Crippen molar-refractivity contribution in [2.45, 2.75) is 11.4 Å². The highest BCUT2D eigenvalue weighted by atomic mass is 32.2. The van der Waals surface area contributed by atoms with E-state index >= 15 is 0 Å². The van der Waals surface area contributed by atoms with Crippen LogP contribution in [0.2, 0.25) is 0 Å². The summed E-state index contributed by atoms with van der Waals surface area (Å²) in [5, 5.41) is 4.02. The molecule has 8 nitrogen and oxygen atoms in total. The molecule has 0 bridgehead atoms. The fourth-order valence-corrected chi connectivity index (χ4v) is 2.58. The van der Waals surface area contributed by atoms with Crippen molar-refractivity contribution in [2.75, 3.05) is 24.2 Å². The summed E-state index contributed by atoms with van der Waals surface area (Å²) in [7, 11) is -2.11. The summed E-state index contributed by atoms with van der Waals surface area (Å²) in [6, 6.07) is 2.66. The summed E-state index contributed by atoms with van der Waals surface area (Å²) < 4.78 is 33.2. The Morgan fingerprint density at radius 3 is 3.00 bits per heavy atom. The summed E-state index contributed by atoms with van der Waals surface area (Å²) >= 11 is 0. The quantitative estimate of drug-likeness (QED) is 0.793. The minimum atomic E-state index is -3.70. The third-order valence-corrected chi connectivity index (χ3v) is 3.85. The van der Waals surface area contributed by atoms with Crippen LogP contribution >= 0.6 is 0 Å². The summed E-state index contributed by atoms with van der Waals surface area (Å²) in [6.07, 6.45) is 4.35. The maximum atomic E-state index is 12.1. The number of ether oxygens (including phenoxy) is 1. The van der Waals surface area contributed by atoms with Gasteiger partial charge in [-0.15, -0.1) is 0 Å². The molecule has 0 fully saturated rings. The molecule has 0 aliphatic rings. The van der Waals surface area contributed by atoms with E-state index in [0.717, 1.165) is 0 Å². The minimum Gasteiger partial charge on any atom is -0.384 e. The number of nitrogens with two attached hydrogens (primary N) is 1.